The zero-order valence-corrected chi connectivity index (χ0v) is 23.1. The fourth-order valence-corrected chi connectivity index (χ4v) is 5.31. The van der Waals surface area contributed by atoms with Crippen molar-refractivity contribution in [3.63, 3.8) is 0 Å². The first-order valence-corrected chi connectivity index (χ1v) is 13.8. The van der Waals surface area contributed by atoms with E-state index in [1.807, 2.05) is 73.7 Å². The number of carbonyl (C=O) groups excluding carboxylic acids is 1. The monoisotopic (exact) mass is 543 g/mol. The fourth-order valence-electron chi connectivity index (χ4n) is 5.11. The molecule has 1 amide bonds. The molecule has 1 saturated carbocycles. The van der Waals surface area contributed by atoms with Crippen LogP contribution in [0.5, 0.6) is 5.75 Å². The zero-order chi connectivity index (χ0) is 27.2. The van der Waals surface area contributed by atoms with E-state index in [1.54, 1.807) is 12.3 Å². The van der Waals surface area contributed by atoms with E-state index in [0.29, 0.717) is 10.9 Å². The van der Waals surface area contributed by atoms with E-state index in [1.165, 1.54) is 0 Å². The van der Waals surface area contributed by atoms with Gasteiger partial charge in [-0.1, -0.05) is 35.9 Å². The molecule has 8 heteroatoms. The minimum atomic E-state index is -0.141. The van der Waals surface area contributed by atoms with Crippen LogP contribution in [0.15, 0.2) is 73.1 Å². The molecule has 2 atom stereocenters. The number of anilines is 1. The van der Waals surface area contributed by atoms with Crippen LogP contribution in [0.4, 0.5) is 5.69 Å². The van der Waals surface area contributed by atoms with Crippen LogP contribution in [0.1, 0.15) is 31.5 Å². The first-order chi connectivity index (χ1) is 18.9. The Morgan fingerprint density at radius 1 is 1.18 bits per heavy atom. The summed E-state index contributed by atoms with van der Waals surface area (Å²) in [6, 6.07) is 15.7. The Bertz CT molecular complexity index is 1450. The quantitative estimate of drug-likeness (QED) is 0.235. The number of hydrogen-bond acceptors (Lipinski definition) is 5. The van der Waals surface area contributed by atoms with E-state index in [0.717, 1.165) is 78.1 Å². The summed E-state index contributed by atoms with van der Waals surface area (Å²) in [7, 11) is 3.92. The van der Waals surface area contributed by atoms with Gasteiger partial charge in [0.25, 0.3) is 0 Å². The second-order valence-corrected chi connectivity index (χ2v) is 10.8. The first kappa shape index (κ1) is 26.9. The highest BCUT2D eigenvalue weighted by Crippen LogP contribution is 2.34. The van der Waals surface area contributed by atoms with Crippen LogP contribution in [-0.4, -0.2) is 52.5 Å². The molecule has 1 aliphatic rings. The maximum absolute atomic E-state index is 12.1. The number of nitrogens with one attached hydrogen (secondary N) is 2. The van der Waals surface area contributed by atoms with Crippen molar-refractivity contribution in [1.82, 2.24) is 19.9 Å². The number of halogens is 1. The van der Waals surface area contributed by atoms with Crippen molar-refractivity contribution in [1.29, 1.82) is 0 Å². The molecule has 0 unspecified atom stereocenters. The summed E-state index contributed by atoms with van der Waals surface area (Å²) in [5, 5.41) is 4.54. The summed E-state index contributed by atoms with van der Waals surface area (Å²) >= 11 is 6.53. The van der Waals surface area contributed by atoms with Gasteiger partial charge in [-0.15, -0.1) is 0 Å². The van der Waals surface area contributed by atoms with Gasteiger partial charge in [0.15, 0.2) is 0 Å². The van der Waals surface area contributed by atoms with Gasteiger partial charge in [0.2, 0.25) is 5.91 Å². The van der Waals surface area contributed by atoms with Crippen molar-refractivity contribution in [2.24, 2.45) is 5.92 Å². The number of fused-ring (bicyclic) bond motifs is 1. The maximum atomic E-state index is 12.1. The highest BCUT2D eigenvalue weighted by atomic mass is 35.5. The van der Waals surface area contributed by atoms with E-state index in [-0.39, 0.29) is 12.0 Å². The third-order valence-electron chi connectivity index (χ3n) is 7.01. The lowest BCUT2D eigenvalue weighted by atomic mass is 9.85. The van der Waals surface area contributed by atoms with Gasteiger partial charge in [-0.25, -0.2) is 9.97 Å². The minimum absolute atomic E-state index is 0.138. The molecule has 2 N–H and O–H groups in total. The molecule has 7 nitrogen and oxygen atoms in total. The van der Waals surface area contributed by atoms with Crippen LogP contribution < -0.4 is 10.1 Å². The second kappa shape index (κ2) is 12.5. The summed E-state index contributed by atoms with van der Waals surface area (Å²) in [5.41, 5.74) is 3.56. The summed E-state index contributed by atoms with van der Waals surface area (Å²) < 4.78 is 6.33. The Hall–Kier alpha value is -3.68. The third-order valence-corrected chi connectivity index (χ3v) is 7.29. The van der Waals surface area contributed by atoms with Crippen molar-refractivity contribution >= 4 is 34.1 Å². The molecule has 0 radical (unpaired) electrons. The van der Waals surface area contributed by atoms with Crippen LogP contribution >= 0.6 is 11.6 Å². The fraction of sp³-hybridized carbons (Fsp3) is 0.323. The summed E-state index contributed by atoms with van der Waals surface area (Å²) in [5.74, 6) is 1.92. The van der Waals surface area contributed by atoms with Gasteiger partial charge in [-0.3, -0.25) is 4.79 Å². The van der Waals surface area contributed by atoms with E-state index in [2.05, 4.69) is 21.4 Å². The lowest BCUT2D eigenvalue weighted by Crippen LogP contribution is -2.27. The third kappa shape index (κ3) is 7.05. The summed E-state index contributed by atoms with van der Waals surface area (Å²) in [4.78, 5) is 26.8. The highest BCUT2D eigenvalue weighted by molar-refractivity contribution is 6.33. The topological polar surface area (TPSA) is 83.1 Å². The van der Waals surface area contributed by atoms with Crippen LogP contribution in [0.2, 0.25) is 5.02 Å². The largest absolute Gasteiger partial charge is 0.490 e. The van der Waals surface area contributed by atoms with Crippen LogP contribution in [0.3, 0.4) is 0 Å². The van der Waals surface area contributed by atoms with Crippen molar-refractivity contribution in [2.45, 2.75) is 38.2 Å². The number of para-hydroxylation sites is 1. The number of aromatic amines is 1. The van der Waals surface area contributed by atoms with Crippen molar-refractivity contribution in [2.75, 3.05) is 26.0 Å². The van der Waals surface area contributed by atoms with Gasteiger partial charge in [-0.2, -0.15) is 0 Å². The van der Waals surface area contributed by atoms with E-state index < -0.39 is 0 Å². The molecule has 2 aromatic carbocycles. The van der Waals surface area contributed by atoms with E-state index in [9.17, 15) is 4.79 Å². The zero-order valence-electron chi connectivity index (χ0n) is 22.4. The predicted octanol–water partition coefficient (Wildman–Crippen LogP) is 6.51. The van der Waals surface area contributed by atoms with Crippen molar-refractivity contribution in [3.05, 3.63) is 83.9 Å². The van der Waals surface area contributed by atoms with Gasteiger partial charge < -0.3 is 19.9 Å². The van der Waals surface area contributed by atoms with Gasteiger partial charge in [-0.05, 0) is 76.0 Å². The average Bonchev–Trinajstić information content (AvgIpc) is 3.35. The molecule has 5 rings (SSSR count). The Labute approximate surface area is 234 Å². The molecule has 202 valence electrons. The Morgan fingerprint density at radius 3 is 2.82 bits per heavy atom. The van der Waals surface area contributed by atoms with Crippen LogP contribution in [0.25, 0.3) is 22.2 Å². The lowest BCUT2D eigenvalue weighted by Gasteiger charge is -2.29. The molecule has 39 heavy (non-hydrogen) atoms. The number of amides is 1. The van der Waals surface area contributed by atoms with Gasteiger partial charge in [0, 0.05) is 53.6 Å². The molecule has 1 fully saturated rings. The van der Waals surface area contributed by atoms with E-state index in [4.69, 9.17) is 21.3 Å². The minimum Gasteiger partial charge on any atom is -0.490 e. The Kier molecular flexibility index (Phi) is 8.59. The number of H-pyrrole nitrogens is 1. The van der Waals surface area contributed by atoms with Crippen LogP contribution in [-0.2, 0) is 11.2 Å². The number of benzene rings is 2. The van der Waals surface area contributed by atoms with Crippen LogP contribution in [0, 0.1) is 5.92 Å². The maximum Gasteiger partial charge on any atom is 0.248 e. The molecule has 1 aliphatic carbocycles. The van der Waals surface area contributed by atoms with Crippen molar-refractivity contribution < 1.29 is 9.53 Å². The number of ether oxygens (including phenoxy) is 1. The molecule has 2 aromatic heterocycles. The second-order valence-electron chi connectivity index (χ2n) is 10.4. The number of rotatable bonds is 9. The molecule has 0 bridgehead atoms. The van der Waals surface area contributed by atoms with Gasteiger partial charge in [0.05, 0.1) is 16.8 Å². The van der Waals surface area contributed by atoms with Crippen molar-refractivity contribution in [3.8, 4) is 17.0 Å². The molecular formula is C31H34ClN5O2. The Balaban J connectivity index is 1.18. The average molecular weight is 544 g/mol. The highest BCUT2D eigenvalue weighted by Gasteiger charge is 2.25. The Morgan fingerprint density at radius 2 is 2.00 bits per heavy atom. The smallest absolute Gasteiger partial charge is 0.248 e. The first-order valence-electron chi connectivity index (χ1n) is 13.4. The standard InChI is InChI=1S/C31H34ClN5O2/c1-37(2)16-6-11-30(38)35-22-12-14-23(15-13-22)39-24-8-5-7-21(17-24)18-29-34-20-27(32)31(36-29)26-19-33-28-10-4-3-9-25(26)28/h3-4,6,9-15,19-21,24,33H,5,7-8,16-18H2,1-2H3,(H,35,38)/b11-6+/t21-,24-/m1/s1. The molecule has 4 aromatic rings. The van der Waals surface area contributed by atoms with E-state index >= 15 is 0 Å². The molecular weight excluding hydrogens is 510 g/mol. The normalized spacial score (nSPS) is 17.6. The number of nitrogens with zero attached hydrogens (tertiary/aromatic N) is 3. The molecule has 2 heterocycles. The summed E-state index contributed by atoms with van der Waals surface area (Å²) in [6.45, 7) is 0.720. The molecule has 0 aliphatic heterocycles. The SMILES string of the molecule is CN(C)C/C=C/C(=O)Nc1ccc(O[C@@H]2CCC[C@@H](Cc3ncc(Cl)c(-c4c[nH]c5ccccc45)n3)C2)cc1. The number of carbonyl (C=O) groups is 1. The molecule has 0 saturated heterocycles. The number of aromatic nitrogens is 3. The van der Waals surface area contributed by atoms with Gasteiger partial charge >= 0.3 is 0 Å². The predicted molar refractivity (Wildman–Crippen MR) is 157 cm³/mol. The number of likely N-dealkylation sites (N-methyl/N-ethyl adjacent to an activating group) is 1. The lowest BCUT2D eigenvalue weighted by molar-refractivity contribution is -0.111. The van der Waals surface area contributed by atoms with Gasteiger partial charge in [0.1, 0.15) is 11.6 Å². The number of hydrogen-bond donors (Lipinski definition) is 2. The molecule has 0 spiro atoms. The summed E-state index contributed by atoms with van der Waals surface area (Å²) in [6.07, 6.45) is 12.2.